The molecular formula is C17H18FN3O2. The van der Waals surface area contributed by atoms with Crippen molar-refractivity contribution in [2.45, 2.75) is 39.2 Å². The number of hydrogen-bond donors (Lipinski definition) is 2. The summed E-state index contributed by atoms with van der Waals surface area (Å²) in [7, 11) is 0. The average molecular weight is 315 g/mol. The van der Waals surface area contributed by atoms with E-state index in [0.717, 1.165) is 43.0 Å². The third-order valence-electron chi connectivity index (χ3n) is 4.28. The first-order chi connectivity index (χ1) is 11.1. The van der Waals surface area contributed by atoms with E-state index in [2.05, 4.69) is 15.3 Å². The van der Waals surface area contributed by atoms with Gasteiger partial charge >= 0.3 is 0 Å². The molecule has 2 N–H and O–H groups in total. The van der Waals surface area contributed by atoms with E-state index in [0.29, 0.717) is 5.56 Å². The Morgan fingerprint density at radius 3 is 2.74 bits per heavy atom. The molecule has 0 spiro atoms. The second kappa shape index (κ2) is 6.32. The van der Waals surface area contributed by atoms with E-state index in [1.165, 1.54) is 17.8 Å². The number of aryl methyl sites for hydroxylation is 1. The first-order valence-corrected chi connectivity index (χ1v) is 7.69. The van der Waals surface area contributed by atoms with Crippen molar-refractivity contribution in [1.82, 2.24) is 15.3 Å². The summed E-state index contributed by atoms with van der Waals surface area (Å²) >= 11 is 0. The molecule has 2 aromatic rings. The van der Waals surface area contributed by atoms with Crippen molar-refractivity contribution in [3.05, 3.63) is 62.6 Å². The van der Waals surface area contributed by atoms with Crippen LogP contribution < -0.4 is 10.9 Å². The Morgan fingerprint density at radius 2 is 2.04 bits per heavy atom. The molecule has 2 aromatic heterocycles. The van der Waals surface area contributed by atoms with Crippen molar-refractivity contribution in [2.24, 2.45) is 0 Å². The molecule has 1 aliphatic carbocycles. The van der Waals surface area contributed by atoms with Gasteiger partial charge in [0.1, 0.15) is 0 Å². The Balaban J connectivity index is 1.82. The van der Waals surface area contributed by atoms with Gasteiger partial charge in [-0.3, -0.25) is 9.59 Å². The number of aromatic amines is 1. The highest BCUT2D eigenvalue weighted by Crippen LogP contribution is 2.24. The van der Waals surface area contributed by atoms with Crippen molar-refractivity contribution in [1.29, 1.82) is 0 Å². The molecule has 1 amide bonds. The number of pyridine rings is 2. The van der Waals surface area contributed by atoms with Crippen molar-refractivity contribution in [2.75, 3.05) is 0 Å². The highest BCUT2D eigenvalue weighted by atomic mass is 19.1. The van der Waals surface area contributed by atoms with Crippen LogP contribution >= 0.6 is 0 Å². The normalized spacial score (nSPS) is 13.5. The molecule has 23 heavy (non-hydrogen) atoms. The zero-order valence-electron chi connectivity index (χ0n) is 12.9. The van der Waals surface area contributed by atoms with Crippen LogP contribution in [0.25, 0.3) is 0 Å². The molecule has 1 aliphatic rings. The lowest BCUT2D eigenvalue weighted by Crippen LogP contribution is -2.30. The zero-order valence-corrected chi connectivity index (χ0v) is 12.9. The van der Waals surface area contributed by atoms with Crippen LogP contribution in [0.15, 0.2) is 23.1 Å². The molecule has 5 nitrogen and oxygen atoms in total. The number of amides is 1. The van der Waals surface area contributed by atoms with Gasteiger partial charge in [-0.05, 0) is 55.9 Å². The maximum atomic E-state index is 12.8. The zero-order chi connectivity index (χ0) is 16.4. The van der Waals surface area contributed by atoms with Crippen LogP contribution in [-0.2, 0) is 19.4 Å². The molecule has 0 fully saturated rings. The van der Waals surface area contributed by atoms with Crippen LogP contribution in [0.1, 0.15) is 45.6 Å². The number of H-pyrrole nitrogens is 1. The largest absolute Gasteiger partial charge is 0.348 e. The summed E-state index contributed by atoms with van der Waals surface area (Å²) in [6.45, 7) is 2.08. The van der Waals surface area contributed by atoms with Crippen LogP contribution in [0.3, 0.4) is 0 Å². The van der Waals surface area contributed by atoms with Crippen molar-refractivity contribution in [3.63, 3.8) is 0 Å². The second-order valence-electron chi connectivity index (χ2n) is 5.77. The van der Waals surface area contributed by atoms with Crippen LogP contribution in [-0.4, -0.2) is 15.9 Å². The fraction of sp³-hybridized carbons (Fsp3) is 0.353. The quantitative estimate of drug-likeness (QED) is 0.851. The fourth-order valence-electron chi connectivity index (χ4n) is 3.08. The summed E-state index contributed by atoms with van der Waals surface area (Å²) in [6.07, 6.45) is 5.18. The minimum absolute atomic E-state index is 0.152. The van der Waals surface area contributed by atoms with Gasteiger partial charge in [0, 0.05) is 24.0 Å². The van der Waals surface area contributed by atoms with Gasteiger partial charge in [-0.1, -0.05) is 0 Å². The van der Waals surface area contributed by atoms with Gasteiger partial charge in [0.15, 0.2) is 0 Å². The number of nitrogens with zero attached hydrogens (tertiary/aromatic N) is 1. The molecule has 0 atom stereocenters. The van der Waals surface area contributed by atoms with E-state index >= 15 is 0 Å². The van der Waals surface area contributed by atoms with Gasteiger partial charge < -0.3 is 10.3 Å². The molecule has 120 valence electrons. The number of halogens is 1. The van der Waals surface area contributed by atoms with Gasteiger partial charge in [0.05, 0.1) is 5.56 Å². The Morgan fingerprint density at radius 1 is 1.30 bits per heavy atom. The first-order valence-electron chi connectivity index (χ1n) is 7.69. The number of rotatable bonds is 3. The van der Waals surface area contributed by atoms with Gasteiger partial charge in [-0.25, -0.2) is 4.98 Å². The highest BCUT2D eigenvalue weighted by Gasteiger charge is 2.19. The fourth-order valence-corrected chi connectivity index (χ4v) is 3.08. The molecule has 0 unspecified atom stereocenters. The lowest BCUT2D eigenvalue weighted by molar-refractivity contribution is 0.0950. The lowest BCUT2D eigenvalue weighted by atomic mass is 9.88. The Bertz CT molecular complexity index is 797. The molecule has 0 saturated carbocycles. The maximum absolute atomic E-state index is 12.8. The standard InChI is InChI=1S/C17H18FN3O2/c1-10-12-4-2-3-5-13(12)14(17(23)21-10)9-20-16(22)11-6-7-15(18)19-8-11/h6-8H,2-5,9H2,1H3,(H,20,22)(H,21,23). The third-order valence-corrected chi connectivity index (χ3v) is 4.28. The van der Waals surface area contributed by atoms with E-state index in [-0.39, 0.29) is 23.6 Å². The van der Waals surface area contributed by atoms with E-state index in [1.54, 1.807) is 0 Å². The number of nitrogens with one attached hydrogen (secondary N) is 2. The smallest absolute Gasteiger partial charge is 0.253 e. The first kappa shape index (κ1) is 15.4. The van der Waals surface area contributed by atoms with Crippen molar-refractivity contribution >= 4 is 5.91 Å². The lowest BCUT2D eigenvalue weighted by Gasteiger charge is -2.21. The molecule has 0 bridgehead atoms. The minimum atomic E-state index is -0.634. The molecular weight excluding hydrogens is 297 g/mol. The maximum Gasteiger partial charge on any atom is 0.253 e. The SMILES string of the molecule is Cc1[nH]c(=O)c(CNC(=O)c2ccc(F)nc2)c2c1CCCC2. The Kier molecular flexibility index (Phi) is 4.23. The van der Waals surface area contributed by atoms with Gasteiger partial charge in [-0.2, -0.15) is 4.39 Å². The van der Waals surface area contributed by atoms with Crippen LogP contribution in [0.4, 0.5) is 4.39 Å². The molecule has 0 radical (unpaired) electrons. The summed E-state index contributed by atoms with van der Waals surface area (Å²) in [6, 6.07) is 2.50. The summed E-state index contributed by atoms with van der Waals surface area (Å²) < 4.78 is 12.8. The number of hydrogen-bond acceptors (Lipinski definition) is 3. The van der Waals surface area contributed by atoms with Crippen LogP contribution in [0.5, 0.6) is 0 Å². The molecule has 6 heteroatoms. The van der Waals surface area contributed by atoms with E-state index in [1.807, 2.05) is 6.92 Å². The number of carbonyl (C=O) groups is 1. The van der Waals surface area contributed by atoms with Crippen LogP contribution in [0.2, 0.25) is 0 Å². The summed E-state index contributed by atoms with van der Waals surface area (Å²) in [5.74, 6) is -1.01. The van der Waals surface area contributed by atoms with Crippen molar-refractivity contribution < 1.29 is 9.18 Å². The van der Waals surface area contributed by atoms with Crippen LogP contribution in [0, 0.1) is 12.9 Å². The molecule has 0 aromatic carbocycles. The predicted molar refractivity (Wildman–Crippen MR) is 83.8 cm³/mol. The van der Waals surface area contributed by atoms with E-state index in [9.17, 15) is 14.0 Å². The third kappa shape index (κ3) is 3.16. The molecule has 2 heterocycles. The van der Waals surface area contributed by atoms with Gasteiger partial charge in [0.2, 0.25) is 5.95 Å². The Hall–Kier alpha value is -2.50. The van der Waals surface area contributed by atoms with Gasteiger partial charge in [-0.15, -0.1) is 0 Å². The monoisotopic (exact) mass is 315 g/mol. The topological polar surface area (TPSA) is 74.8 Å². The average Bonchev–Trinajstić information content (AvgIpc) is 2.55. The van der Waals surface area contributed by atoms with E-state index < -0.39 is 5.95 Å². The van der Waals surface area contributed by atoms with Crippen molar-refractivity contribution in [3.8, 4) is 0 Å². The Labute approximate surface area is 133 Å². The number of fused-ring (bicyclic) bond motifs is 1. The second-order valence-corrected chi connectivity index (χ2v) is 5.77. The molecule has 0 aliphatic heterocycles. The summed E-state index contributed by atoms with van der Waals surface area (Å²) in [5, 5.41) is 2.72. The number of aromatic nitrogens is 2. The summed E-state index contributed by atoms with van der Waals surface area (Å²) in [5.41, 5.74) is 3.92. The molecule has 0 saturated heterocycles. The van der Waals surface area contributed by atoms with Gasteiger partial charge in [0.25, 0.3) is 11.5 Å². The van der Waals surface area contributed by atoms with E-state index in [4.69, 9.17) is 0 Å². The summed E-state index contributed by atoms with van der Waals surface area (Å²) in [4.78, 5) is 30.7. The highest BCUT2D eigenvalue weighted by molar-refractivity contribution is 5.93. The minimum Gasteiger partial charge on any atom is -0.348 e. The number of carbonyl (C=O) groups excluding carboxylic acids is 1. The predicted octanol–water partition coefficient (Wildman–Crippen LogP) is 2.03. The molecule has 3 rings (SSSR count).